The molecule has 110 valence electrons. The molecule has 0 spiro atoms. The molecule has 0 amide bonds. The van der Waals surface area contributed by atoms with Crippen molar-refractivity contribution in [1.29, 1.82) is 0 Å². The zero-order valence-corrected chi connectivity index (χ0v) is 12.0. The molecule has 4 nitrogen and oxygen atoms in total. The van der Waals surface area contributed by atoms with Crippen molar-refractivity contribution >= 4 is 10.0 Å². The average Bonchev–Trinajstić information content (AvgIpc) is 3.27. The fourth-order valence-corrected chi connectivity index (χ4v) is 3.99. The van der Waals surface area contributed by atoms with Crippen LogP contribution >= 0.6 is 0 Å². The molecule has 0 aliphatic heterocycles. The van der Waals surface area contributed by atoms with E-state index in [2.05, 4.69) is 4.72 Å². The van der Waals surface area contributed by atoms with Crippen LogP contribution in [0, 0.1) is 17.2 Å². The maximum Gasteiger partial charge on any atom is 0.243 e. The number of hydrogen-bond donors (Lipinski definition) is 2. The second-order valence-electron chi connectivity index (χ2n) is 5.93. The van der Waals surface area contributed by atoms with Gasteiger partial charge in [-0.1, -0.05) is 6.07 Å². The van der Waals surface area contributed by atoms with Gasteiger partial charge in [0.1, 0.15) is 10.7 Å². The molecule has 6 heteroatoms. The van der Waals surface area contributed by atoms with E-state index in [0.717, 1.165) is 12.8 Å². The highest BCUT2D eigenvalue weighted by Gasteiger charge is 2.53. The summed E-state index contributed by atoms with van der Waals surface area (Å²) in [5.74, 6) is -0.0774. The van der Waals surface area contributed by atoms with Gasteiger partial charge in [-0.05, 0) is 54.7 Å². The summed E-state index contributed by atoms with van der Waals surface area (Å²) < 4.78 is 40.8. The number of rotatable bonds is 6. The van der Waals surface area contributed by atoms with Crippen molar-refractivity contribution in [2.75, 3.05) is 6.54 Å². The number of hydrogen-bond acceptors (Lipinski definition) is 3. The van der Waals surface area contributed by atoms with Gasteiger partial charge in [0.05, 0.1) is 0 Å². The van der Waals surface area contributed by atoms with Crippen LogP contribution < -0.4 is 10.5 Å². The van der Waals surface area contributed by atoms with Crippen LogP contribution in [0.15, 0.2) is 23.1 Å². The molecule has 1 aromatic carbocycles. The Bertz CT molecular complexity index is 622. The second-order valence-corrected chi connectivity index (χ2v) is 7.67. The van der Waals surface area contributed by atoms with Crippen LogP contribution in [0.1, 0.15) is 31.2 Å². The molecule has 0 unspecified atom stereocenters. The van der Waals surface area contributed by atoms with Crippen molar-refractivity contribution in [3.63, 3.8) is 0 Å². The second kappa shape index (κ2) is 4.79. The normalized spacial score (nSPS) is 20.9. The minimum Gasteiger partial charge on any atom is -0.326 e. The largest absolute Gasteiger partial charge is 0.326 e. The Morgan fingerprint density at radius 3 is 2.55 bits per heavy atom. The van der Waals surface area contributed by atoms with Crippen molar-refractivity contribution in [3.05, 3.63) is 29.6 Å². The Hall–Kier alpha value is -0.980. The average molecular weight is 298 g/mol. The molecule has 0 saturated heterocycles. The fourth-order valence-electron chi connectivity index (χ4n) is 2.79. The van der Waals surface area contributed by atoms with E-state index in [-0.39, 0.29) is 16.9 Å². The molecular formula is C14H19FN2O2S. The van der Waals surface area contributed by atoms with E-state index in [9.17, 15) is 12.8 Å². The Kier molecular flexibility index (Phi) is 3.35. The van der Waals surface area contributed by atoms with Gasteiger partial charge in [0, 0.05) is 13.1 Å². The summed E-state index contributed by atoms with van der Waals surface area (Å²) >= 11 is 0. The molecule has 3 N–H and O–H groups in total. The third kappa shape index (κ3) is 2.60. The zero-order valence-electron chi connectivity index (χ0n) is 11.2. The van der Waals surface area contributed by atoms with Crippen LogP contribution in [-0.4, -0.2) is 15.0 Å². The summed E-state index contributed by atoms with van der Waals surface area (Å²) in [5, 5.41) is 0. The van der Waals surface area contributed by atoms with E-state index >= 15 is 0 Å². The van der Waals surface area contributed by atoms with Crippen LogP contribution in [0.4, 0.5) is 4.39 Å². The lowest BCUT2D eigenvalue weighted by Gasteiger charge is -2.15. The topological polar surface area (TPSA) is 72.2 Å². The van der Waals surface area contributed by atoms with Crippen molar-refractivity contribution in [2.45, 2.75) is 37.1 Å². The van der Waals surface area contributed by atoms with Crippen molar-refractivity contribution in [1.82, 2.24) is 4.72 Å². The molecule has 0 aromatic heterocycles. The number of halogens is 1. The lowest BCUT2D eigenvalue weighted by Crippen LogP contribution is -2.31. The quantitative estimate of drug-likeness (QED) is 0.840. The summed E-state index contributed by atoms with van der Waals surface area (Å²) in [6.07, 6.45) is 4.55. The van der Waals surface area contributed by atoms with Gasteiger partial charge >= 0.3 is 0 Å². The van der Waals surface area contributed by atoms with Crippen LogP contribution in [0.25, 0.3) is 0 Å². The summed E-state index contributed by atoms with van der Waals surface area (Å²) in [5.41, 5.74) is 6.15. The van der Waals surface area contributed by atoms with Crippen LogP contribution in [0.2, 0.25) is 0 Å². The standard InChI is InChI=1S/C14H19FN2O2S/c15-12-7-10(8-16)1-4-13(12)20(18,19)17-9-14(5-6-14)11-2-3-11/h1,4,7,11,17H,2-3,5-6,8-9,16H2. The predicted octanol–water partition coefficient (Wildman–Crippen LogP) is 1.75. The highest BCUT2D eigenvalue weighted by atomic mass is 32.2. The van der Waals surface area contributed by atoms with Crippen LogP contribution in [0.5, 0.6) is 0 Å². The van der Waals surface area contributed by atoms with Gasteiger partial charge in [0.25, 0.3) is 0 Å². The number of sulfonamides is 1. The molecule has 20 heavy (non-hydrogen) atoms. The summed E-state index contributed by atoms with van der Waals surface area (Å²) in [7, 11) is -3.78. The highest BCUT2D eigenvalue weighted by Crippen LogP contribution is 2.60. The van der Waals surface area contributed by atoms with E-state index in [1.165, 1.54) is 25.0 Å². The molecule has 3 rings (SSSR count). The molecule has 2 aliphatic rings. The van der Waals surface area contributed by atoms with Gasteiger partial charge in [-0.2, -0.15) is 0 Å². The Morgan fingerprint density at radius 1 is 1.35 bits per heavy atom. The van der Waals surface area contributed by atoms with Gasteiger partial charge in [0.15, 0.2) is 0 Å². The molecule has 1 aromatic rings. The predicted molar refractivity (Wildman–Crippen MR) is 73.9 cm³/mol. The minimum absolute atomic E-state index is 0.154. The smallest absolute Gasteiger partial charge is 0.243 e. The fraction of sp³-hybridized carbons (Fsp3) is 0.571. The minimum atomic E-state index is -3.78. The lowest BCUT2D eigenvalue weighted by molar-refractivity contribution is 0.431. The van der Waals surface area contributed by atoms with Crippen LogP contribution in [0.3, 0.4) is 0 Å². The maximum absolute atomic E-state index is 13.9. The molecule has 2 fully saturated rings. The molecular weight excluding hydrogens is 279 g/mol. The first kappa shape index (κ1) is 14.0. The Balaban J connectivity index is 1.74. The lowest BCUT2D eigenvalue weighted by atomic mass is 10.0. The van der Waals surface area contributed by atoms with E-state index in [0.29, 0.717) is 18.0 Å². The molecule has 0 atom stereocenters. The summed E-state index contributed by atoms with van der Waals surface area (Å²) in [6.45, 7) is 0.619. The number of nitrogens with one attached hydrogen (secondary N) is 1. The maximum atomic E-state index is 13.9. The molecule has 2 saturated carbocycles. The third-order valence-corrected chi connectivity index (χ3v) is 5.91. The number of benzene rings is 1. The van der Waals surface area contributed by atoms with Gasteiger partial charge in [-0.25, -0.2) is 17.5 Å². The Labute approximate surface area is 118 Å². The molecule has 0 radical (unpaired) electrons. The highest BCUT2D eigenvalue weighted by molar-refractivity contribution is 7.89. The van der Waals surface area contributed by atoms with Gasteiger partial charge in [0.2, 0.25) is 10.0 Å². The van der Waals surface area contributed by atoms with Crippen LogP contribution in [-0.2, 0) is 16.6 Å². The van der Waals surface area contributed by atoms with Gasteiger partial charge in [-0.3, -0.25) is 0 Å². The van der Waals surface area contributed by atoms with Crippen molar-refractivity contribution in [2.24, 2.45) is 17.1 Å². The van der Waals surface area contributed by atoms with E-state index < -0.39 is 15.8 Å². The monoisotopic (exact) mass is 298 g/mol. The van der Waals surface area contributed by atoms with E-state index in [1.807, 2.05) is 0 Å². The first-order chi connectivity index (χ1) is 9.47. The first-order valence-electron chi connectivity index (χ1n) is 6.95. The molecule has 0 bridgehead atoms. The third-order valence-electron chi connectivity index (χ3n) is 4.47. The van der Waals surface area contributed by atoms with Crippen molar-refractivity contribution < 1.29 is 12.8 Å². The SMILES string of the molecule is NCc1ccc(S(=O)(=O)NCC2(C3CC3)CC2)c(F)c1. The Morgan fingerprint density at radius 2 is 2.05 bits per heavy atom. The van der Waals surface area contributed by atoms with E-state index in [4.69, 9.17) is 5.73 Å². The van der Waals surface area contributed by atoms with Gasteiger partial charge in [-0.15, -0.1) is 0 Å². The van der Waals surface area contributed by atoms with Crippen molar-refractivity contribution in [3.8, 4) is 0 Å². The zero-order chi connectivity index (χ0) is 14.4. The van der Waals surface area contributed by atoms with Gasteiger partial charge < -0.3 is 5.73 Å². The van der Waals surface area contributed by atoms with E-state index in [1.54, 1.807) is 6.07 Å². The summed E-state index contributed by atoms with van der Waals surface area (Å²) in [6, 6.07) is 4.02. The molecule has 0 heterocycles. The number of nitrogens with two attached hydrogens (primary N) is 1. The first-order valence-corrected chi connectivity index (χ1v) is 8.43. The molecule has 2 aliphatic carbocycles. The summed E-state index contributed by atoms with van der Waals surface area (Å²) in [4.78, 5) is -0.290.